The maximum absolute atomic E-state index is 12.5. The Labute approximate surface area is 131 Å². The molecule has 3 fully saturated rings. The molecule has 22 heavy (non-hydrogen) atoms. The predicted molar refractivity (Wildman–Crippen MR) is 80.2 cm³/mol. The molecule has 1 aliphatic carbocycles. The van der Waals surface area contributed by atoms with Crippen molar-refractivity contribution in [2.24, 2.45) is 11.8 Å². The molecule has 0 atom stereocenters. The third-order valence-electron chi connectivity index (χ3n) is 5.07. The molecule has 2 amide bonds. The summed E-state index contributed by atoms with van der Waals surface area (Å²) in [7, 11) is 0. The van der Waals surface area contributed by atoms with Gasteiger partial charge in [-0.2, -0.15) is 0 Å². The van der Waals surface area contributed by atoms with Gasteiger partial charge in [0.1, 0.15) is 0 Å². The van der Waals surface area contributed by atoms with Gasteiger partial charge >= 0.3 is 0 Å². The van der Waals surface area contributed by atoms with Crippen molar-refractivity contribution < 1.29 is 19.1 Å². The molecular weight excluding hydrogens is 284 g/mol. The van der Waals surface area contributed by atoms with E-state index in [9.17, 15) is 9.59 Å². The first-order chi connectivity index (χ1) is 10.8. The van der Waals surface area contributed by atoms with Gasteiger partial charge in [-0.3, -0.25) is 9.59 Å². The van der Waals surface area contributed by atoms with Crippen molar-refractivity contribution in [3.05, 3.63) is 0 Å². The van der Waals surface area contributed by atoms with E-state index in [0.29, 0.717) is 52.6 Å². The highest BCUT2D eigenvalue weighted by Crippen LogP contribution is 2.31. The second-order valence-electron chi connectivity index (χ2n) is 6.42. The van der Waals surface area contributed by atoms with E-state index in [0.717, 1.165) is 25.7 Å². The van der Waals surface area contributed by atoms with Gasteiger partial charge in [-0.05, 0) is 25.7 Å². The van der Waals surface area contributed by atoms with Crippen LogP contribution in [0.15, 0.2) is 0 Å². The molecule has 3 rings (SSSR count). The van der Waals surface area contributed by atoms with Gasteiger partial charge in [0.15, 0.2) is 0 Å². The SMILES string of the molecule is O=C(C1CCC(C(=O)N2CCOCC2)CC1)N1CCOCC1. The van der Waals surface area contributed by atoms with Crippen molar-refractivity contribution in [3.63, 3.8) is 0 Å². The van der Waals surface area contributed by atoms with Gasteiger partial charge < -0.3 is 19.3 Å². The second kappa shape index (κ2) is 7.42. The van der Waals surface area contributed by atoms with Crippen LogP contribution in [0, 0.1) is 11.8 Å². The zero-order valence-electron chi connectivity index (χ0n) is 13.2. The number of nitrogens with zero attached hydrogens (tertiary/aromatic N) is 2. The van der Waals surface area contributed by atoms with E-state index in [2.05, 4.69) is 0 Å². The summed E-state index contributed by atoms with van der Waals surface area (Å²) in [6, 6.07) is 0. The maximum atomic E-state index is 12.5. The topological polar surface area (TPSA) is 59.1 Å². The lowest BCUT2D eigenvalue weighted by Crippen LogP contribution is -2.46. The van der Waals surface area contributed by atoms with Crippen molar-refractivity contribution in [2.75, 3.05) is 52.6 Å². The van der Waals surface area contributed by atoms with E-state index >= 15 is 0 Å². The molecule has 1 saturated carbocycles. The molecule has 2 aliphatic heterocycles. The summed E-state index contributed by atoms with van der Waals surface area (Å²) >= 11 is 0. The van der Waals surface area contributed by atoms with Crippen LogP contribution < -0.4 is 0 Å². The lowest BCUT2D eigenvalue weighted by Gasteiger charge is -2.35. The summed E-state index contributed by atoms with van der Waals surface area (Å²) in [5, 5.41) is 0. The van der Waals surface area contributed by atoms with Crippen LogP contribution in [-0.4, -0.2) is 74.2 Å². The third kappa shape index (κ3) is 3.60. The first-order valence-corrected chi connectivity index (χ1v) is 8.49. The Hall–Kier alpha value is -1.14. The Balaban J connectivity index is 1.47. The minimum absolute atomic E-state index is 0.104. The Morgan fingerprint density at radius 2 is 0.955 bits per heavy atom. The Morgan fingerprint density at radius 3 is 1.27 bits per heavy atom. The molecule has 0 aromatic carbocycles. The summed E-state index contributed by atoms with van der Waals surface area (Å²) < 4.78 is 10.6. The fraction of sp³-hybridized carbons (Fsp3) is 0.875. The number of amides is 2. The smallest absolute Gasteiger partial charge is 0.225 e. The summed E-state index contributed by atoms with van der Waals surface area (Å²) in [6.45, 7) is 5.45. The summed E-state index contributed by atoms with van der Waals surface area (Å²) in [5.74, 6) is 0.736. The molecule has 0 spiro atoms. The number of morpholine rings is 2. The molecule has 2 saturated heterocycles. The molecule has 0 bridgehead atoms. The van der Waals surface area contributed by atoms with Crippen molar-refractivity contribution in [1.29, 1.82) is 0 Å². The number of carbonyl (C=O) groups is 2. The fourth-order valence-electron chi connectivity index (χ4n) is 3.67. The molecule has 0 N–H and O–H groups in total. The van der Waals surface area contributed by atoms with Crippen molar-refractivity contribution in [3.8, 4) is 0 Å². The van der Waals surface area contributed by atoms with Crippen LogP contribution in [0.3, 0.4) is 0 Å². The lowest BCUT2D eigenvalue weighted by molar-refractivity contribution is -0.145. The van der Waals surface area contributed by atoms with Crippen LogP contribution in [0.5, 0.6) is 0 Å². The van der Waals surface area contributed by atoms with Gasteiger partial charge in [0.2, 0.25) is 11.8 Å². The van der Waals surface area contributed by atoms with E-state index in [1.165, 1.54) is 0 Å². The number of hydrogen-bond acceptors (Lipinski definition) is 4. The largest absolute Gasteiger partial charge is 0.378 e. The van der Waals surface area contributed by atoms with Gasteiger partial charge in [-0.25, -0.2) is 0 Å². The van der Waals surface area contributed by atoms with E-state index < -0.39 is 0 Å². The minimum atomic E-state index is 0.104. The summed E-state index contributed by atoms with van der Waals surface area (Å²) in [4.78, 5) is 28.8. The van der Waals surface area contributed by atoms with Crippen LogP contribution in [0.4, 0.5) is 0 Å². The summed E-state index contributed by atoms with van der Waals surface area (Å²) in [5.41, 5.74) is 0. The van der Waals surface area contributed by atoms with Gasteiger partial charge in [0.05, 0.1) is 26.4 Å². The zero-order valence-corrected chi connectivity index (χ0v) is 13.2. The molecule has 6 heteroatoms. The molecule has 2 heterocycles. The molecule has 3 aliphatic rings. The molecule has 0 aromatic rings. The first-order valence-electron chi connectivity index (χ1n) is 8.49. The molecule has 6 nitrogen and oxygen atoms in total. The highest BCUT2D eigenvalue weighted by atomic mass is 16.5. The van der Waals surface area contributed by atoms with Crippen molar-refractivity contribution in [1.82, 2.24) is 9.80 Å². The highest BCUT2D eigenvalue weighted by molar-refractivity contribution is 5.81. The van der Waals surface area contributed by atoms with Crippen molar-refractivity contribution in [2.45, 2.75) is 25.7 Å². The average molecular weight is 310 g/mol. The molecule has 0 unspecified atom stereocenters. The normalized spacial score (nSPS) is 30.2. The minimum Gasteiger partial charge on any atom is -0.378 e. The van der Waals surface area contributed by atoms with E-state index in [1.807, 2.05) is 9.80 Å². The van der Waals surface area contributed by atoms with E-state index in [-0.39, 0.29) is 23.7 Å². The highest BCUT2D eigenvalue weighted by Gasteiger charge is 2.34. The van der Waals surface area contributed by atoms with Crippen LogP contribution in [-0.2, 0) is 19.1 Å². The maximum Gasteiger partial charge on any atom is 0.225 e. The van der Waals surface area contributed by atoms with E-state index in [4.69, 9.17) is 9.47 Å². The van der Waals surface area contributed by atoms with Gasteiger partial charge in [-0.1, -0.05) is 0 Å². The Morgan fingerprint density at radius 1 is 0.636 bits per heavy atom. The van der Waals surface area contributed by atoms with E-state index in [1.54, 1.807) is 0 Å². The molecule has 0 aromatic heterocycles. The van der Waals surface area contributed by atoms with Gasteiger partial charge in [0, 0.05) is 38.0 Å². The van der Waals surface area contributed by atoms with Crippen LogP contribution >= 0.6 is 0 Å². The summed E-state index contributed by atoms with van der Waals surface area (Å²) in [6.07, 6.45) is 3.38. The number of rotatable bonds is 2. The first kappa shape index (κ1) is 15.7. The second-order valence-corrected chi connectivity index (χ2v) is 6.42. The Bertz CT molecular complexity index is 357. The van der Waals surface area contributed by atoms with Crippen LogP contribution in [0.1, 0.15) is 25.7 Å². The van der Waals surface area contributed by atoms with Gasteiger partial charge in [-0.15, -0.1) is 0 Å². The van der Waals surface area contributed by atoms with Crippen LogP contribution in [0.25, 0.3) is 0 Å². The molecule has 124 valence electrons. The van der Waals surface area contributed by atoms with Gasteiger partial charge in [0.25, 0.3) is 0 Å². The Kier molecular flexibility index (Phi) is 5.31. The number of carbonyl (C=O) groups excluding carboxylic acids is 2. The third-order valence-corrected chi connectivity index (χ3v) is 5.07. The predicted octanol–water partition coefficient (Wildman–Crippen LogP) is 0.510. The number of hydrogen-bond donors (Lipinski definition) is 0. The number of ether oxygens (including phenoxy) is 2. The monoisotopic (exact) mass is 310 g/mol. The lowest BCUT2D eigenvalue weighted by atomic mass is 9.80. The molecular formula is C16H26N2O4. The van der Waals surface area contributed by atoms with Crippen molar-refractivity contribution >= 4 is 11.8 Å². The molecule has 0 radical (unpaired) electrons. The fourth-order valence-corrected chi connectivity index (χ4v) is 3.67. The standard InChI is InChI=1S/C16H26N2O4/c19-15(17-5-9-21-10-6-17)13-1-2-14(4-3-13)16(20)18-7-11-22-12-8-18/h13-14H,1-12H2. The quantitative estimate of drug-likeness (QED) is 0.746. The van der Waals surface area contributed by atoms with Crippen LogP contribution in [0.2, 0.25) is 0 Å². The zero-order chi connectivity index (χ0) is 15.4. The average Bonchev–Trinajstić information content (AvgIpc) is 2.62.